The Bertz CT molecular complexity index is 1250. The number of halogens is 1. The van der Waals surface area contributed by atoms with Crippen molar-refractivity contribution in [3.05, 3.63) is 77.2 Å². The lowest BCUT2D eigenvalue weighted by Crippen LogP contribution is -2.46. The molecule has 1 aliphatic rings. The first-order valence-electron chi connectivity index (χ1n) is 10.5. The van der Waals surface area contributed by atoms with Crippen molar-refractivity contribution in [2.24, 2.45) is 0 Å². The number of nitrogens with one attached hydrogen (secondary N) is 1. The van der Waals surface area contributed by atoms with Gasteiger partial charge < -0.3 is 15.1 Å². The fourth-order valence-electron chi connectivity index (χ4n) is 4.05. The van der Waals surface area contributed by atoms with Gasteiger partial charge in [-0.1, -0.05) is 18.2 Å². The zero-order valence-corrected chi connectivity index (χ0v) is 18.4. The molecule has 2 aromatic carbocycles. The molecule has 1 N–H and O–H groups in total. The second-order valence-corrected chi connectivity index (χ2v) is 8.70. The number of fused-ring (bicyclic) bond motifs is 1. The van der Waals surface area contributed by atoms with E-state index in [2.05, 4.69) is 49.4 Å². The molecule has 0 saturated carbocycles. The van der Waals surface area contributed by atoms with E-state index in [0.29, 0.717) is 10.6 Å². The molecule has 1 amide bonds. The molecule has 5 rings (SSSR count). The first-order valence-corrected chi connectivity index (χ1v) is 11.3. The van der Waals surface area contributed by atoms with E-state index in [1.807, 2.05) is 13.0 Å². The van der Waals surface area contributed by atoms with Gasteiger partial charge in [0.25, 0.3) is 5.91 Å². The third-order valence-electron chi connectivity index (χ3n) is 5.72. The number of hydrogen-bond donors (Lipinski definition) is 1. The molecule has 0 unspecified atom stereocenters. The van der Waals surface area contributed by atoms with Gasteiger partial charge in [0.2, 0.25) is 0 Å². The fraction of sp³-hybridized carbons (Fsp3) is 0.208. The van der Waals surface area contributed by atoms with Crippen LogP contribution in [-0.4, -0.2) is 42.1 Å². The minimum Gasteiger partial charge on any atom is -0.368 e. The standard InChI is InChI=1S/C24H22FN5OS/c1-16-20-22(30-13-11-29(12-14-30)19-5-3-2-4-6-19)26-15-27-24(20)32-21(16)23(31)28-18-9-7-17(25)8-10-18/h2-10,15H,11-14H2,1H3,(H,28,31). The van der Waals surface area contributed by atoms with Gasteiger partial charge in [0.05, 0.1) is 10.3 Å². The lowest BCUT2D eigenvalue weighted by Gasteiger charge is -2.37. The molecule has 1 fully saturated rings. The second-order valence-electron chi connectivity index (χ2n) is 7.70. The van der Waals surface area contributed by atoms with Gasteiger partial charge in [-0.3, -0.25) is 4.79 Å². The number of hydrogen-bond acceptors (Lipinski definition) is 6. The normalized spacial score (nSPS) is 14.1. The summed E-state index contributed by atoms with van der Waals surface area (Å²) in [6, 6.07) is 16.2. The Morgan fingerprint density at radius 3 is 2.38 bits per heavy atom. The first-order chi connectivity index (χ1) is 15.6. The molecule has 2 aromatic heterocycles. The minimum atomic E-state index is -0.340. The van der Waals surface area contributed by atoms with Crippen LogP contribution in [0, 0.1) is 12.7 Å². The van der Waals surface area contributed by atoms with Crippen molar-refractivity contribution in [2.75, 3.05) is 41.3 Å². The number of anilines is 3. The Hall–Kier alpha value is -3.52. The largest absolute Gasteiger partial charge is 0.368 e. The van der Waals surface area contributed by atoms with Crippen molar-refractivity contribution in [3.8, 4) is 0 Å². The van der Waals surface area contributed by atoms with E-state index in [1.165, 1.54) is 29.2 Å². The van der Waals surface area contributed by atoms with Gasteiger partial charge in [-0.25, -0.2) is 14.4 Å². The van der Waals surface area contributed by atoms with Gasteiger partial charge >= 0.3 is 0 Å². The number of nitrogens with zero attached hydrogens (tertiary/aromatic N) is 4. The van der Waals surface area contributed by atoms with Gasteiger partial charge in [-0.15, -0.1) is 11.3 Å². The summed E-state index contributed by atoms with van der Waals surface area (Å²) in [6.07, 6.45) is 1.57. The number of carbonyl (C=O) groups is 1. The summed E-state index contributed by atoms with van der Waals surface area (Å²) in [6.45, 7) is 5.42. The quantitative estimate of drug-likeness (QED) is 0.491. The molecular formula is C24H22FN5OS. The number of piperazine rings is 1. The maximum Gasteiger partial charge on any atom is 0.266 e. The Kier molecular flexibility index (Phi) is 5.45. The Labute approximate surface area is 189 Å². The molecule has 8 heteroatoms. The van der Waals surface area contributed by atoms with E-state index in [-0.39, 0.29) is 11.7 Å². The van der Waals surface area contributed by atoms with Crippen LogP contribution < -0.4 is 15.1 Å². The first kappa shape index (κ1) is 20.4. The SMILES string of the molecule is Cc1c(C(=O)Nc2ccc(F)cc2)sc2ncnc(N3CCN(c4ccccc4)CC3)c12. The number of para-hydroxylation sites is 1. The van der Waals surface area contributed by atoms with Crippen LogP contribution in [0.5, 0.6) is 0 Å². The molecule has 32 heavy (non-hydrogen) atoms. The molecular weight excluding hydrogens is 425 g/mol. The van der Waals surface area contributed by atoms with Crippen LogP contribution >= 0.6 is 11.3 Å². The molecule has 1 saturated heterocycles. The van der Waals surface area contributed by atoms with Crippen molar-refractivity contribution in [1.29, 1.82) is 0 Å². The smallest absolute Gasteiger partial charge is 0.266 e. The van der Waals surface area contributed by atoms with E-state index in [0.717, 1.165) is 47.8 Å². The molecule has 1 aliphatic heterocycles. The van der Waals surface area contributed by atoms with Gasteiger partial charge in [0, 0.05) is 37.6 Å². The summed E-state index contributed by atoms with van der Waals surface area (Å²) >= 11 is 1.36. The van der Waals surface area contributed by atoms with Crippen LogP contribution in [0.25, 0.3) is 10.2 Å². The Balaban J connectivity index is 1.39. The number of thiophene rings is 1. The Morgan fingerprint density at radius 2 is 1.66 bits per heavy atom. The average Bonchev–Trinajstić information content (AvgIpc) is 3.18. The van der Waals surface area contributed by atoms with Crippen molar-refractivity contribution < 1.29 is 9.18 Å². The average molecular weight is 448 g/mol. The van der Waals surface area contributed by atoms with Gasteiger partial charge in [-0.2, -0.15) is 0 Å². The predicted molar refractivity (Wildman–Crippen MR) is 127 cm³/mol. The van der Waals surface area contributed by atoms with E-state index in [9.17, 15) is 9.18 Å². The molecule has 0 aliphatic carbocycles. The predicted octanol–water partition coefficient (Wildman–Crippen LogP) is 4.72. The van der Waals surface area contributed by atoms with E-state index < -0.39 is 0 Å². The van der Waals surface area contributed by atoms with Crippen LogP contribution in [0.15, 0.2) is 60.9 Å². The lowest BCUT2D eigenvalue weighted by molar-refractivity contribution is 0.103. The number of benzene rings is 2. The summed E-state index contributed by atoms with van der Waals surface area (Å²) in [5.41, 5.74) is 2.65. The van der Waals surface area contributed by atoms with Crippen LogP contribution in [-0.2, 0) is 0 Å². The third-order valence-corrected chi connectivity index (χ3v) is 6.91. The summed E-state index contributed by atoms with van der Waals surface area (Å²) < 4.78 is 13.2. The number of carbonyl (C=O) groups excluding carboxylic acids is 1. The zero-order chi connectivity index (χ0) is 22.1. The minimum absolute atomic E-state index is 0.225. The highest BCUT2D eigenvalue weighted by molar-refractivity contribution is 7.20. The lowest BCUT2D eigenvalue weighted by atomic mass is 10.1. The maximum atomic E-state index is 13.2. The van der Waals surface area contributed by atoms with Crippen molar-refractivity contribution in [2.45, 2.75) is 6.92 Å². The third kappa shape index (κ3) is 3.89. The highest BCUT2D eigenvalue weighted by Gasteiger charge is 2.24. The molecule has 6 nitrogen and oxygen atoms in total. The summed E-state index contributed by atoms with van der Waals surface area (Å²) in [7, 11) is 0. The maximum absolute atomic E-state index is 13.2. The molecule has 0 spiro atoms. The van der Waals surface area contributed by atoms with Crippen molar-refractivity contribution in [1.82, 2.24) is 9.97 Å². The molecule has 162 valence electrons. The summed E-state index contributed by atoms with van der Waals surface area (Å²) in [5, 5.41) is 3.77. The number of rotatable bonds is 4. The van der Waals surface area contributed by atoms with Crippen molar-refractivity contribution in [3.63, 3.8) is 0 Å². The zero-order valence-electron chi connectivity index (χ0n) is 17.6. The second kappa shape index (κ2) is 8.55. The van der Waals surface area contributed by atoms with E-state index in [4.69, 9.17) is 0 Å². The summed E-state index contributed by atoms with van der Waals surface area (Å²) in [4.78, 5) is 27.9. The molecule has 0 radical (unpaired) electrons. The summed E-state index contributed by atoms with van der Waals surface area (Å²) in [5.74, 6) is 0.308. The van der Waals surface area contributed by atoms with E-state index in [1.54, 1.807) is 18.5 Å². The van der Waals surface area contributed by atoms with Crippen LogP contribution in [0.1, 0.15) is 15.2 Å². The van der Waals surface area contributed by atoms with Crippen LogP contribution in [0.3, 0.4) is 0 Å². The van der Waals surface area contributed by atoms with Crippen LogP contribution in [0.4, 0.5) is 21.6 Å². The number of amides is 1. The fourth-order valence-corrected chi connectivity index (χ4v) is 5.08. The van der Waals surface area contributed by atoms with Crippen LogP contribution in [0.2, 0.25) is 0 Å². The van der Waals surface area contributed by atoms with E-state index >= 15 is 0 Å². The molecule has 4 aromatic rings. The number of aryl methyl sites for hydroxylation is 1. The highest BCUT2D eigenvalue weighted by Crippen LogP contribution is 2.35. The molecule has 0 bridgehead atoms. The molecule has 0 atom stereocenters. The van der Waals surface area contributed by atoms with Gasteiger partial charge in [0.1, 0.15) is 22.8 Å². The molecule has 3 heterocycles. The highest BCUT2D eigenvalue weighted by atomic mass is 32.1. The van der Waals surface area contributed by atoms with Crippen molar-refractivity contribution >= 4 is 44.7 Å². The number of aromatic nitrogens is 2. The Morgan fingerprint density at radius 1 is 0.969 bits per heavy atom. The monoisotopic (exact) mass is 447 g/mol. The van der Waals surface area contributed by atoms with Gasteiger partial charge in [0.15, 0.2) is 0 Å². The van der Waals surface area contributed by atoms with Gasteiger partial charge in [-0.05, 0) is 48.9 Å². The topological polar surface area (TPSA) is 61.4 Å².